The Balaban J connectivity index is 1.48. The average Bonchev–Trinajstić information content (AvgIpc) is 3.22. The molecule has 0 saturated heterocycles. The number of alkyl halides is 3. The number of nitrogens with one attached hydrogen (secondary N) is 2. The normalized spacial score (nSPS) is 17.9. The lowest BCUT2D eigenvalue weighted by Crippen LogP contribution is -2.41. The van der Waals surface area contributed by atoms with E-state index in [9.17, 15) is 13.2 Å². The summed E-state index contributed by atoms with van der Waals surface area (Å²) >= 11 is 0.976. The first kappa shape index (κ1) is 18.6. The summed E-state index contributed by atoms with van der Waals surface area (Å²) in [6.45, 7) is 3.69. The number of aliphatic imine (C=N–C) groups is 1. The van der Waals surface area contributed by atoms with Gasteiger partial charge in [0, 0.05) is 31.9 Å². The van der Waals surface area contributed by atoms with Crippen LogP contribution < -0.4 is 10.6 Å². The largest absolute Gasteiger partial charge is 0.434 e. The van der Waals surface area contributed by atoms with Crippen LogP contribution in [-0.4, -0.2) is 39.3 Å². The van der Waals surface area contributed by atoms with Crippen molar-refractivity contribution in [1.82, 2.24) is 30.4 Å². The second kappa shape index (κ2) is 7.60. The number of hydrogen-bond donors (Lipinski definition) is 2. The minimum atomic E-state index is -4.41. The number of nitrogens with zero attached hydrogens (tertiary/aromatic N) is 5. The third-order valence-electron chi connectivity index (χ3n) is 4.26. The third-order valence-corrected chi connectivity index (χ3v) is 5.11. The van der Waals surface area contributed by atoms with E-state index in [0.717, 1.165) is 47.8 Å². The smallest absolute Gasteiger partial charge is 0.356 e. The Hall–Kier alpha value is -2.17. The summed E-state index contributed by atoms with van der Waals surface area (Å²) in [6.07, 6.45) is -2.52. The zero-order chi connectivity index (χ0) is 18.7. The van der Waals surface area contributed by atoms with Gasteiger partial charge in [-0.15, -0.1) is 21.5 Å². The fourth-order valence-corrected chi connectivity index (χ4v) is 3.58. The number of guanidine groups is 1. The standard InChI is InChI=1S/C15H20F3N7S/c1-9-23-24-12-4-3-10(7-25(9)12)5-20-14(19-2)21-6-13-22-11(8-26-13)15(16,17)18/h8,10H,3-7H2,1-2H3,(H2,19,20,21). The highest BCUT2D eigenvalue weighted by Crippen LogP contribution is 2.29. The van der Waals surface area contributed by atoms with Gasteiger partial charge in [0.1, 0.15) is 16.7 Å². The fourth-order valence-electron chi connectivity index (χ4n) is 2.84. The summed E-state index contributed by atoms with van der Waals surface area (Å²) in [4.78, 5) is 7.71. The Morgan fingerprint density at radius 1 is 1.38 bits per heavy atom. The minimum absolute atomic E-state index is 0.194. The van der Waals surface area contributed by atoms with Crippen LogP contribution in [0.5, 0.6) is 0 Å². The number of fused-ring (bicyclic) bond motifs is 1. The molecule has 0 fully saturated rings. The second-order valence-corrected chi connectivity index (χ2v) is 7.05. The number of thiazole rings is 1. The molecule has 1 aliphatic rings. The van der Waals surface area contributed by atoms with Crippen LogP contribution >= 0.6 is 11.3 Å². The Kier molecular flexibility index (Phi) is 5.44. The zero-order valence-corrected chi connectivity index (χ0v) is 15.3. The summed E-state index contributed by atoms with van der Waals surface area (Å²) in [5.74, 6) is 2.88. The molecule has 26 heavy (non-hydrogen) atoms. The van der Waals surface area contributed by atoms with Gasteiger partial charge >= 0.3 is 6.18 Å². The molecule has 1 atom stereocenters. The summed E-state index contributed by atoms with van der Waals surface area (Å²) in [5.41, 5.74) is -0.857. The van der Waals surface area contributed by atoms with Crippen molar-refractivity contribution in [3.05, 3.63) is 27.7 Å². The van der Waals surface area contributed by atoms with Gasteiger partial charge < -0.3 is 15.2 Å². The van der Waals surface area contributed by atoms with E-state index >= 15 is 0 Å². The number of halogens is 3. The Morgan fingerprint density at radius 2 is 2.19 bits per heavy atom. The van der Waals surface area contributed by atoms with Crippen molar-refractivity contribution in [2.45, 2.75) is 39.0 Å². The van der Waals surface area contributed by atoms with Crippen LogP contribution in [0.2, 0.25) is 0 Å². The summed E-state index contributed by atoms with van der Waals surface area (Å²) in [7, 11) is 1.63. The van der Waals surface area contributed by atoms with E-state index in [2.05, 4.69) is 35.4 Å². The maximum Gasteiger partial charge on any atom is 0.434 e. The van der Waals surface area contributed by atoms with Gasteiger partial charge in [-0.2, -0.15) is 13.2 Å². The van der Waals surface area contributed by atoms with Crippen LogP contribution in [0.3, 0.4) is 0 Å². The van der Waals surface area contributed by atoms with Gasteiger partial charge in [0.15, 0.2) is 11.7 Å². The highest BCUT2D eigenvalue weighted by molar-refractivity contribution is 7.09. The van der Waals surface area contributed by atoms with Crippen molar-refractivity contribution in [2.75, 3.05) is 13.6 Å². The maximum atomic E-state index is 12.6. The van der Waals surface area contributed by atoms with Gasteiger partial charge in [-0.25, -0.2) is 4.98 Å². The second-order valence-electron chi connectivity index (χ2n) is 6.11. The van der Waals surface area contributed by atoms with Gasteiger partial charge in [0.05, 0.1) is 6.54 Å². The SMILES string of the molecule is CN=C(NCc1nc(C(F)(F)F)cs1)NCC1CCc2nnc(C)n2C1. The van der Waals surface area contributed by atoms with E-state index in [0.29, 0.717) is 23.4 Å². The lowest BCUT2D eigenvalue weighted by molar-refractivity contribution is -0.140. The maximum absolute atomic E-state index is 12.6. The predicted octanol–water partition coefficient (Wildman–Crippen LogP) is 1.99. The van der Waals surface area contributed by atoms with Crippen LogP contribution in [0.15, 0.2) is 10.4 Å². The molecule has 11 heteroatoms. The highest BCUT2D eigenvalue weighted by Gasteiger charge is 2.33. The van der Waals surface area contributed by atoms with E-state index < -0.39 is 11.9 Å². The summed E-state index contributed by atoms with van der Waals surface area (Å²) < 4.78 is 39.9. The lowest BCUT2D eigenvalue weighted by Gasteiger charge is -2.24. The Morgan fingerprint density at radius 3 is 2.88 bits per heavy atom. The summed E-state index contributed by atoms with van der Waals surface area (Å²) in [6, 6.07) is 0. The number of hydrogen-bond acceptors (Lipinski definition) is 5. The molecule has 0 saturated carbocycles. The van der Waals surface area contributed by atoms with Gasteiger partial charge in [0.25, 0.3) is 0 Å². The molecule has 7 nitrogen and oxygen atoms in total. The highest BCUT2D eigenvalue weighted by atomic mass is 32.1. The van der Waals surface area contributed by atoms with Gasteiger partial charge in [-0.3, -0.25) is 4.99 Å². The monoisotopic (exact) mass is 387 g/mol. The Bertz CT molecular complexity index is 781. The summed E-state index contributed by atoms with van der Waals surface area (Å²) in [5, 5.41) is 15.9. The molecule has 0 aliphatic carbocycles. The fraction of sp³-hybridized carbons (Fsp3) is 0.600. The first-order valence-corrected chi connectivity index (χ1v) is 9.09. The van der Waals surface area contributed by atoms with Crippen LogP contribution in [0.1, 0.15) is 28.8 Å². The predicted molar refractivity (Wildman–Crippen MR) is 91.9 cm³/mol. The molecular formula is C15H20F3N7S. The van der Waals surface area contributed by atoms with Gasteiger partial charge in [-0.1, -0.05) is 0 Å². The molecule has 0 radical (unpaired) electrons. The molecule has 2 aromatic heterocycles. The van der Waals surface area contributed by atoms with Crippen molar-refractivity contribution >= 4 is 17.3 Å². The molecule has 0 spiro atoms. The molecule has 2 N–H and O–H groups in total. The van der Waals surface area contributed by atoms with Crippen molar-refractivity contribution in [3.8, 4) is 0 Å². The molecule has 142 valence electrons. The van der Waals surface area contributed by atoms with E-state index in [1.165, 1.54) is 0 Å². The van der Waals surface area contributed by atoms with Crippen molar-refractivity contribution in [1.29, 1.82) is 0 Å². The Labute approximate surface area is 152 Å². The molecule has 1 unspecified atom stereocenters. The van der Waals surface area contributed by atoms with Gasteiger partial charge in [-0.05, 0) is 19.3 Å². The quantitative estimate of drug-likeness (QED) is 0.620. The van der Waals surface area contributed by atoms with Crippen molar-refractivity contribution in [3.63, 3.8) is 0 Å². The van der Waals surface area contributed by atoms with Crippen LogP contribution in [0.25, 0.3) is 0 Å². The average molecular weight is 387 g/mol. The first-order valence-electron chi connectivity index (χ1n) is 8.21. The van der Waals surface area contributed by atoms with Crippen LogP contribution in [0.4, 0.5) is 13.2 Å². The molecule has 3 rings (SSSR count). The lowest BCUT2D eigenvalue weighted by atomic mass is 9.99. The molecule has 2 aromatic rings. The van der Waals surface area contributed by atoms with Crippen molar-refractivity contribution in [2.24, 2.45) is 10.9 Å². The number of aromatic nitrogens is 4. The van der Waals surface area contributed by atoms with Gasteiger partial charge in [0.2, 0.25) is 0 Å². The van der Waals surface area contributed by atoms with Crippen LogP contribution in [0, 0.1) is 12.8 Å². The topological polar surface area (TPSA) is 80.0 Å². The first-order chi connectivity index (χ1) is 12.4. The zero-order valence-electron chi connectivity index (χ0n) is 14.5. The van der Waals surface area contributed by atoms with Crippen molar-refractivity contribution < 1.29 is 13.2 Å². The molecule has 0 amide bonds. The van der Waals surface area contributed by atoms with Crippen LogP contribution in [-0.2, 0) is 25.7 Å². The molecule has 3 heterocycles. The number of aryl methyl sites for hydroxylation is 2. The number of rotatable bonds is 4. The van der Waals surface area contributed by atoms with E-state index in [4.69, 9.17) is 0 Å². The van der Waals surface area contributed by atoms with E-state index in [1.54, 1.807) is 7.05 Å². The minimum Gasteiger partial charge on any atom is -0.356 e. The van der Waals surface area contributed by atoms with E-state index in [-0.39, 0.29) is 6.54 Å². The van der Waals surface area contributed by atoms with E-state index in [1.807, 2.05) is 6.92 Å². The molecular weight excluding hydrogens is 367 g/mol. The third kappa shape index (κ3) is 4.32. The molecule has 0 bridgehead atoms. The molecule has 0 aromatic carbocycles. The molecule has 1 aliphatic heterocycles.